The van der Waals surface area contributed by atoms with Crippen molar-refractivity contribution in [1.29, 1.82) is 0 Å². The molecule has 1 fully saturated rings. The first-order valence-corrected chi connectivity index (χ1v) is 7.20. The van der Waals surface area contributed by atoms with E-state index in [-0.39, 0.29) is 0 Å². The second-order valence-corrected chi connectivity index (χ2v) is 5.61. The molecule has 1 atom stereocenters. The Balaban J connectivity index is 1.39. The number of aryl methyl sites for hydroxylation is 1. The lowest BCUT2D eigenvalue weighted by atomic mass is 9.97. The highest BCUT2D eigenvalue weighted by molar-refractivity contribution is 4.96. The predicted octanol–water partition coefficient (Wildman–Crippen LogP) is 1.46. The zero-order valence-corrected chi connectivity index (χ0v) is 11.0. The zero-order chi connectivity index (χ0) is 12.2. The maximum Gasteiger partial charge on any atom is 0.108 e. The van der Waals surface area contributed by atoms with E-state index in [1.165, 1.54) is 25.1 Å². The summed E-state index contributed by atoms with van der Waals surface area (Å²) < 4.78 is 7.70. The predicted molar refractivity (Wildman–Crippen MR) is 70.5 cm³/mol. The molecule has 0 unspecified atom stereocenters. The molecule has 1 aromatic rings. The van der Waals surface area contributed by atoms with E-state index in [2.05, 4.69) is 21.1 Å². The standard InChI is InChI=1S/C14H23N3O/c1-2-14-16-5-6-17(14)11-13(1)10-15-9-12-3-7-18-8-4-12/h5-6,12-13,15H,1-4,7-11H2/t13-/m1/s1. The molecule has 0 amide bonds. The third-order valence-electron chi connectivity index (χ3n) is 4.24. The number of fused-ring (bicyclic) bond motifs is 1. The van der Waals surface area contributed by atoms with Crippen LogP contribution in [0, 0.1) is 11.8 Å². The van der Waals surface area contributed by atoms with Gasteiger partial charge in [0.15, 0.2) is 0 Å². The molecule has 4 nitrogen and oxygen atoms in total. The maximum atomic E-state index is 5.39. The minimum atomic E-state index is 0.770. The first-order valence-electron chi connectivity index (χ1n) is 7.20. The van der Waals surface area contributed by atoms with Crippen LogP contribution in [0.2, 0.25) is 0 Å². The molecule has 3 heterocycles. The average Bonchev–Trinajstić information content (AvgIpc) is 2.87. The van der Waals surface area contributed by atoms with Crippen molar-refractivity contribution >= 4 is 0 Å². The lowest BCUT2D eigenvalue weighted by Gasteiger charge is -2.26. The van der Waals surface area contributed by atoms with Crippen molar-refractivity contribution in [2.75, 3.05) is 26.3 Å². The van der Waals surface area contributed by atoms with E-state index < -0.39 is 0 Å². The third kappa shape index (κ3) is 2.93. The van der Waals surface area contributed by atoms with Crippen LogP contribution in [0.15, 0.2) is 12.4 Å². The fourth-order valence-corrected chi connectivity index (χ4v) is 3.05. The molecule has 2 aliphatic rings. The molecule has 3 rings (SSSR count). The number of rotatable bonds is 4. The molecule has 1 aromatic heterocycles. The molecule has 0 bridgehead atoms. The Morgan fingerprint density at radius 2 is 2.06 bits per heavy atom. The topological polar surface area (TPSA) is 39.1 Å². The van der Waals surface area contributed by atoms with E-state index in [0.29, 0.717) is 0 Å². The molecule has 0 radical (unpaired) electrons. The van der Waals surface area contributed by atoms with Crippen LogP contribution in [0.1, 0.15) is 25.1 Å². The number of ether oxygens (including phenoxy) is 1. The molecule has 1 saturated heterocycles. The van der Waals surface area contributed by atoms with Gasteiger partial charge >= 0.3 is 0 Å². The van der Waals surface area contributed by atoms with Gasteiger partial charge in [0.2, 0.25) is 0 Å². The van der Waals surface area contributed by atoms with Gasteiger partial charge in [0.1, 0.15) is 5.82 Å². The second-order valence-electron chi connectivity index (χ2n) is 5.61. The molecular weight excluding hydrogens is 226 g/mol. The van der Waals surface area contributed by atoms with Crippen molar-refractivity contribution in [3.8, 4) is 0 Å². The van der Waals surface area contributed by atoms with Crippen molar-refractivity contribution in [3.63, 3.8) is 0 Å². The van der Waals surface area contributed by atoms with Gasteiger partial charge in [-0.1, -0.05) is 0 Å². The first kappa shape index (κ1) is 12.2. The number of hydrogen-bond acceptors (Lipinski definition) is 3. The quantitative estimate of drug-likeness (QED) is 0.878. The summed E-state index contributed by atoms with van der Waals surface area (Å²) in [6, 6.07) is 0. The number of aromatic nitrogens is 2. The van der Waals surface area contributed by atoms with Gasteiger partial charge in [-0.15, -0.1) is 0 Å². The minimum Gasteiger partial charge on any atom is -0.381 e. The van der Waals surface area contributed by atoms with Crippen LogP contribution in [0.4, 0.5) is 0 Å². The Kier molecular flexibility index (Phi) is 3.96. The van der Waals surface area contributed by atoms with Crippen LogP contribution < -0.4 is 5.32 Å². The highest BCUT2D eigenvalue weighted by Crippen LogP contribution is 2.18. The SMILES string of the molecule is c1cn2c(n1)CC[C@H](CNCC1CCOCC1)C2. The van der Waals surface area contributed by atoms with Crippen molar-refractivity contribution < 1.29 is 4.74 Å². The number of hydrogen-bond donors (Lipinski definition) is 1. The summed E-state index contributed by atoms with van der Waals surface area (Å²) in [5.41, 5.74) is 0. The maximum absolute atomic E-state index is 5.39. The number of nitrogens with zero attached hydrogens (tertiary/aromatic N) is 2. The Hall–Kier alpha value is -0.870. The average molecular weight is 249 g/mol. The fourth-order valence-electron chi connectivity index (χ4n) is 3.05. The van der Waals surface area contributed by atoms with Crippen LogP contribution in [0.25, 0.3) is 0 Å². The van der Waals surface area contributed by atoms with Crippen molar-refractivity contribution in [2.45, 2.75) is 32.2 Å². The summed E-state index contributed by atoms with van der Waals surface area (Å²) in [6.07, 6.45) is 8.90. The van der Waals surface area contributed by atoms with Crippen molar-refractivity contribution in [1.82, 2.24) is 14.9 Å². The van der Waals surface area contributed by atoms with Crippen LogP contribution in [-0.2, 0) is 17.7 Å². The minimum absolute atomic E-state index is 0.770. The van der Waals surface area contributed by atoms with Gasteiger partial charge in [-0.3, -0.25) is 0 Å². The molecule has 0 aliphatic carbocycles. The lowest BCUT2D eigenvalue weighted by Crippen LogP contribution is -2.34. The van der Waals surface area contributed by atoms with Gasteiger partial charge in [-0.05, 0) is 44.2 Å². The molecule has 0 spiro atoms. The van der Waals surface area contributed by atoms with E-state index in [0.717, 1.165) is 51.1 Å². The Morgan fingerprint density at radius 1 is 1.22 bits per heavy atom. The molecular formula is C14H23N3O. The Labute approximate surface area is 109 Å². The summed E-state index contributed by atoms with van der Waals surface area (Å²) in [4.78, 5) is 4.37. The molecule has 2 aliphatic heterocycles. The summed E-state index contributed by atoms with van der Waals surface area (Å²) in [7, 11) is 0. The fraction of sp³-hybridized carbons (Fsp3) is 0.786. The van der Waals surface area contributed by atoms with Crippen LogP contribution >= 0.6 is 0 Å². The van der Waals surface area contributed by atoms with E-state index in [1.807, 2.05) is 6.20 Å². The van der Waals surface area contributed by atoms with Gasteiger partial charge in [-0.25, -0.2) is 4.98 Å². The van der Waals surface area contributed by atoms with Gasteiger partial charge in [0.25, 0.3) is 0 Å². The summed E-state index contributed by atoms with van der Waals surface area (Å²) in [5, 5.41) is 3.66. The van der Waals surface area contributed by atoms with Gasteiger partial charge < -0.3 is 14.6 Å². The summed E-state index contributed by atoms with van der Waals surface area (Å²) in [5.74, 6) is 2.85. The van der Waals surface area contributed by atoms with Crippen LogP contribution in [-0.4, -0.2) is 35.9 Å². The van der Waals surface area contributed by atoms with Crippen molar-refractivity contribution in [3.05, 3.63) is 18.2 Å². The number of imidazole rings is 1. The Bertz CT molecular complexity index is 371. The third-order valence-corrected chi connectivity index (χ3v) is 4.24. The number of nitrogens with one attached hydrogen (secondary N) is 1. The molecule has 0 aromatic carbocycles. The van der Waals surface area contributed by atoms with Gasteiger partial charge in [0, 0.05) is 38.6 Å². The molecule has 100 valence electrons. The summed E-state index contributed by atoms with van der Waals surface area (Å²) >= 11 is 0. The van der Waals surface area contributed by atoms with E-state index in [9.17, 15) is 0 Å². The Morgan fingerprint density at radius 3 is 2.94 bits per heavy atom. The van der Waals surface area contributed by atoms with E-state index in [1.54, 1.807) is 0 Å². The van der Waals surface area contributed by atoms with Gasteiger partial charge in [-0.2, -0.15) is 0 Å². The monoisotopic (exact) mass is 249 g/mol. The zero-order valence-electron chi connectivity index (χ0n) is 11.0. The molecule has 1 N–H and O–H groups in total. The van der Waals surface area contributed by atoms with Crippen LogP contribution in [0.3, 0.4) is 0 Å². The molecule has 18 heavy (non-hydrogen) atoms. The molecule has 0 saturated carbocycles. The largest absolute Gasteiger partial charge is 0.381 e. The highest BCUT2D eigenvalue weighted by atomic mass is 16.5. The van der Waals surface area contributed by atoms with Crippen LogP contribution in [0.5, 0.6) is 0 Å². The normalized spacial score (nSPS) is 25.0. The molecule has 4 heteroatoms. The van der Waals surface area contributed by atoms with Crippen molar-refractivity contribution in [2.24, 2.45) is 11.8 Å². The van der Waals surface area contributed by atoms with Gasteiger partial charge in [0.05, 0.1) is 0 Å². The second kappa shape index (κ2) is 5.85. The van der Waals surface area contributed by atoms with E-state index in [4.69, 9.17) is 4.74 Å². The highest BCUT2D eigenvalue weighted by Gasteiger charge is 2.19. The lowest BCUT2D eigenvalue weighted by molar-refractivity contribution is 0.0659. The van der Waals surface area contributed by atoms with E-state index >= 15 is 0 Å². The summed E-state index contributed by atoms with van der Waals surface area (Å²) in [6.45, 7) is 5.35. The first-order chi connectivity index (χ1) is 8.92. The smallest absolute Gasteiger partial charge is 0.108 e.